The van der Waals surface area contributed by atoms with E-state index in [1.165, 1.54) is 29.5 Å². The van der Waals surface area contributed by atoms with Gasteiger partial charge in [-0.2, -0.15) is 13.2 Å². The van der Waals surface area contributed by atoms with Gasteiger partial charge in [0.05, 0.1) is 16.8 Å². The zero-order chi connectivity index (χ0) is 19.7. The molecule has 0 atom stereocenters. The first-order chi connectivity index (χ1) is 13.4. The maximum atomic E-state index is 12.8. The van der Waals surface area contributed by atoms with Gasteiger partial charge in [-0.25, -0.2) is 0 Å². The predicted molar refractivity (Wildman–Crippen MR) is 108 cm³/mol. The smallest absolute Gasteiger partial charge is 0.322 e. The van der Waals surface area contributed by atoms with Crippen molar-refractivity contribution in [3.8, 4) is 11.3 Å². The molecule has 0 unspecified atom stereocenters. The number of hydrogen-bond acceptors (Lipinski definition) is 2. The maximum Gasteiger partial charge on any atom is 0.416 e. The molecule has 0 bridgehead atoms. The highest BCUT2D eigenvalue weighted by Gasteiger charge is 2.30. The van der Waals surface area contributed by atoms with Crippen LogP contribution in [0.3, 0.4) is 0 Å². The number of anilines is 1. The third-order valence-electron chi connectivity index (χ3n) is 4.89. The summed E-state index contributed by atoms with van der Waals surface area (Å²) in [6, 6.07) is 13.8. The summed E-state index contributed by atoms with van der Waals surface area (Å²) in [5.41, 5.74) is 3.62. The number of hydrogen-bond donors (Lipinski definition) is 1. The van der Waals surface area contributed by atoms with E-state index in [2.05, 4.69) is 10.3 Å². The Balaban J connectivity index is 0.00000240. The van der Waals surface area contributed by atoms with Crippen LogP contribution >= 0.6 is 12.4 Å². The number of aromatic nitrogens is 1. The monoisotopic (exact) mass is 418 g/mol. The lowest BCUT2D eigenvalue weighted by atomic mass is 10.0. The highest BCUT2D eigenvalue weighted by molar-refractivity contribution is 6.08. The summed E-state index contributed by atoms with van der Waals surface area (Å²) in [5, 5.41) is 2.87. The summed E-state index contributed by atoms with van der Waals surface area (Å²) in [5.74, 6) is -0.346. The highest BCUT2D eigenvalue weighted by Crippen LogP contribution is 2.31. The molecule has 2 aromatic carbocycles. The summed E-state index contributed by atoms with van der Waals surface area (Å²) >= 11 is 0. The number of benzene rings is 2. The molecule has 4 rings (SSSR count). The first-order valence-corrected chi connectivity index (χ1v) is 8.97. The number of pyridine rings is 1. The number of nitrogens with one attached hydrogen (secondary N) is 1. The normalized spacial score (nSPS) is 12.8. The molecule has 3 aromatic rings. The Bertz CT molecular complexity index is 1030. The van der Waals surface area contributed by atoms with Gasteiger partial charge in [0.1, 0.15) is 0 Å². The van der Waals surface area contributed by atoms with E-state index in [9.17, 15) is 18.0 Å². The number of alkyl halides is 3. The lowest BCUT2D eigenvalue weighted by Crippen LogP contribution is -2.14. The van der Waals surface area contributed by atoms with Crippen molar-refractivity contribution in [2.45, 2.75) is 25.4 Å². The van der Waals surface area contributed by atoms with Gasteiger partial charge in [0.15, 0.2) is 0 Å². The van der Waals surface area contributed by atoms with Crippen LogP contribution in [-0.2, 0) is 19.0 Å². The number of rotatable bonds is 3. The maximum absolute atomic E-state index is 12.8. The minimum absolute atomic E-state index is 0. The van der Waals surface area contributed by atoms with E-state index in [0.29, 0.717) is 22.5 Å². The lowest BCUT2D eigenvalue weighted by Gasteiger charge is -2.12. The molecule has 0 fully saturated rings. The van der Waals surface area contributed by atoms with Crippen LogP contribution in [0.2, 0.25) is 0 Å². The topological polar surface area (TPSA) is 42.0 Å². The quantitative estimate of drug-likeness (QED) is 0.572. The molecule has 0 aliphatic heterocycles. The molecule has 0 saturated carbocycles. The van der Waals surface area contributed by atoms with Crippen LogP contribution in [0.5, 0.6) is 0 Å². The second kappa shape index (κ2) is 8.25. The Morgan fingerprint density at radius 2 is 1.69 bits per heavy atom. The summed E-state index contributed by atoms with van der Waals surface area (Å²) in [6.07, 6.45) is 0.288. The second-order valence-corrected chi connectivity index (χ2v) is 6.77. The number of halogens is 4. The zero-order valence-electron chi connectivity index (χ0n) is 15.3. The fourth-order valence-electron chi connectivity index (χ4n) is 3.48. The standard InChI is InChI=1S/C22H17F3N2O.ClH/c23-22(24,25)17-9-6-15(7-10-17)20-19(5-2-12-26-20)21(28)27-18-11-8-14-3-1-4-16(14)13-18;/h2,5-13H,1,3-4H2,(H,27,28);1H. The van der Waals surface area contributed by atoms with Crippen LogP contribution in [0.1, 0.15) is 33.5 Å². The van der Waals surface area contributed by atoms with Gasteiger partial charge in [0, 0.05) is 17.4 Å². The van der Waals surface area contributed by atoms with Gasteiger partial charge in [0.2, 0.25) is 0 Å². The summed E-state index contributed by atoms with van der Waals surface area (Å²) in [6.45, 7) is 0. The van der Waals surface area contributed by atoms with Gasteiger partial charge in [-0.15, -0.1) is 12.4 Å². The Morgan fingerprint density at radius 3 is 2.41 bits per heavy atom. The first kappa shape index (κ1) is 20.9. The average Bonchev–Trinajstić information content (AvgIpc) is 3.15. The van der Waals surface area contributed by atoms with Crippen LogP contribution in [0.25, 0.3) is 11.3 Å². The molecule has 1 N–H and O–H groups in total. The Kier molecular flexibility index (Phi) is 5.94. The molecule has 1 heterocycles. The largest absolute Gasteiger partial charge is 0.416 e. The average molecular weight is 419 g/mol. The van der Waals surface area contributed by atoms with Crippen LogP contribution in [0, 0.1) is 0 Å². The number of carbonyl (C=O) groups excluding carboxylic acids is 1. The zero-order valence-corrected chi connectivity index (χ0v) is 16.1. The number of amides is 1. The number of carbonyl (C=O) groups is 1. The van der Waals surface area contributed by atoms with E-state index in [0.717, 1.165) is 31.4 Å². The predicted octanol–water partition coefficient (Wildman–Crippen LogP) is 5.93. The molecule has 0 saturated heterocycles. The first-order valence-electron chi connectivity index (χ1n) is 8.97. The lowest BCUT2D eigenvalue weighted by molar-refractivity contribution is -0.137. The summed E-state index contributed by atoms with van der Waals surface area (Å²) in [4.78, 5) is 17.0. The van der Waals surface area contributed by atoms with Crippen molar-refractivity contribution in [3.63, 3.8) is 0 Å². The molecule has 0 spiro atoms. The molecule has 1 amide bonds. The molecule has 150 valence electrons. The van der Waals surface area contributed by atoms with E-state index in [1.54, 1.807) is 12.1 Å². The minimum Gasteiger partial charge on any atom is -0.322 e. The third kappa shape index (κ3) is 4.43. The molecule has 1 aromatic heterocycles. The number of aryl methyl sites for hydroxylation is 2. The van der Waals surface area contributed by atoms with Gasteiger partial charge in [-0.3, -0.25) is 9.78 Å². The van der Waals surface area contributed by atoms with E-state index in [4.69, 9.17) is 0 Å². The second-order valence-electron chi connectivity index (χ2n) is 6.77. The van der Waals surface area contributed by atoms with Gasteiger partial charge in [-0.1, -0.05) is 18.2 Å². The van der Waals surface area contributed by atoms with Crippen molar-refractivity contribution < 1.29 is 18.0 Å². The number of fused-ring (bicyclic) bond motifs is 1. The van der Waals surface area contributed by atoms with Crippen molar-refractivity contribution in [1.29, 1.82) is 0 Å². The molecular formula is C22H18ClF3N2O. The van der Waals surface area contributed by atoms with Crippen molar-refractivity contribution >= 4 is 24.0 Å². The third-order valence-corrected chi connectivity index (χ3v) is 4.89. The number of nitrogens with zero attached hydrogens (tertiary/aromatic N) is 1. The molecule has 1 aliphatic rings. The molecule has 7 heteroatoms. The summed E-state index contributed by atoms with van der Waals surface area (Å²) < 4.78 is 38.4. The van der Waals surface area contributed by atoms with Crippen LogP contribution in [0.4, 0.5) is 18.9 Å². The van der Waals surface area contributed by atoms with Crippen LogP contribution < -0.4 is 5.32 Å². The molecule has 29 heavy (non-hydrogen) atoms. The molecule has 1 aliphatic carbocycles. The van der Waals surface area contributed by atoms with E-state index >= 15 is 0 Å². The fourth-order valence-corrected chi connectivity index (χ4v) is 3.48. The minimum atomic E-state index is -4.41. The van der Waals surface area contributed by atoms with Crippen LogP contribution in [-0.4, -0.2) is 10.9 Å². The van der Waals surface area contributed by atoms with Crippen molar-refractivity contribution in [2.24, 2.45) is 0 Å². The van der Waals surface area contributed by atoms with Gasteiger partial charge in [0.25, 0.3) is 5.91 Å². The Morgan fingerprint density at radius 1 is 0.966 bits per heavy atom. The van der Waals surface area contributed by atoms with Crippen molar-refractivity contribution in [1.82, 2.24) is 4.98 Å². The van der Waals surface area contributed by atoms with E-state index in [-0.39, 0.29) is 18.3 Å². The molecule has 0 radical (unpaired) electrons. The highest BCUT2D eigenvalue weighted by atomic mass is 35.5. The fraction of sp³-hybridized carbons (Fsp3) is 0.182. The van der Waals surface area contributed by atoms with Crippen molar-refractivity contribution in [3.05, 3.63) is 83.0 Å². The summed E-state index contributed by atoms with van der Waals surface area (Å²) in [7, 11) is 0. The van der Waals surface area contributed by atoms with E-state index in [1.807, 2.05) is 18.2 Å². The van der Waals surface area contributed by atoms with Gasteiger partial charge >= 0.3 is 6.18 Å². The van der Waals surface area contributed by atoms with Gasteiger partial charge < -0.3 is 5.32 Å². The van der Waals surface area contributed by atoms with Gasteiger partial charge in [-0.05, 0) is 66.8 Å². The molecule has 3 nitrogen and oxygen atoms in total. The SMILES string of the molecule is Cl.O=C(Nc1ccc2c(c1)CCC2)c1cccnc1-c1ccc(C(F)(F)F)cc1. The van der Waals surface area contributed by atoms with E-state index < -0.39 is 11.7 Å². The Hall–Kier alpha value is -2.86. The Labute approximate surface area is 172 Å². The molecular weight excluding hydrogens is 401 g/mol. The van der Waals surface area contributed by atoms with Crippen LogP contribution in [0.15, 0.2) is 60.8 Å². The van der Waals surface area contributed by atoms with Crippen molar-refractivity contribution in [2.75, 3.05) is 5.32 Å².